The molecule has 2 aliphatic rings. The maximum absolute atomic E-state index is 13.1. The number of nitrogens with one attached hydrogen (secondary N) is 1. The van der Waals surface area contributed by atoms with Crippen LogP contribution in [0.2, 0.25) is 0 Å². The standard InChI is InChI=1S/C30H29F2N7O2/c1-18-11-19(5-8-25(18)40-22-9-10-39-28(14-22)34-17-36-39)37-30-29-24(33-16-35-30)3-2-4-26(29)41-23-12-20-6-7-21(13-23)38(20)15-27(31)32/h2-5,8-11,14,16-17,20-21,23,27H,6-7,12-13,15H2,1H3,(H,33,35,37)/t20-,21?,23?/m0/s1. The third-order valence-corrected chi connectivity index (χ3v) is 8.03. The number of ether oxygens (including phenoxy) is 2. The third kappa shape index (κ3) is 5.13. The molecule has 5 aromatic rings. The predicted octanol–water partition coefficient (Wildman–Crippen LogP) is 6.16. The van der Waals surface area contributed by atoms with Gasteiger partial charge < -0.3 is 14.8 Å². The van der Waals surface area contributed by atoms with Crippen molar-refractivity contribution >= 4 is 28.1 Å². The molecule has 3 aromatic heterocycles. The highest BCUT2D eigenvalue weighted by Gasteiger charge is 2.42. The average Bonchev–Trinajstić information content (AvgIpc) is 3.50. The van der Waals surface area contributed by atoms with Gasteiger partial charge in [-0.25, -0.2) is 28.2 Å². The maximum atomic E-state index is 13.1. The topological polar surface area (TPSA) is 89.7 Å². The first kappa shape index (κ1) is 25.6. The fourth-order valence-electron chi connectivity index (χ4n) is 6.19. The van der Waals surface area contributed by atoms with Crippen LogP contribution in [0.5, 0.6) is 17.2 Å². The number of anilines is 2. The molecule has 0 saturated carbocycles. The normalized spacial score (nSPS) is 20.6. The molecule has 9 nitrogen and oxygen atoms in total. The molecule has 2 aromatic carbocycles. The lowest BCUT2D eigenvalue weighted by Gasteiger charge is -2.38. The summed E-state index contributed by atoms with van der Waals surface area (Å²) in [5, 5.41) is 8.34. The molecule has 0 aliphatic carbocycles. The van der Waals surface area contributed by atoms with Crippen LogP contribution < -0.4 is 14.8 Å². The van der Waals surface area contributed by atoms with Crippen LogP contribution in [0.1, 0.15) is 31.2 Å². The summed E-state index contributed by atoms with van der Waals surface area (Å²) in [5.74, 6) is 2.72. The summed E-state index contributed by atoms with van der Waals surface area (Å²) in [6.45, 7) is 1.83. The summed E-state index contributed by atoms with van der Waals surface area (Å²) >= 11 is 0. The molecule has 0 amide bonds. The van der Waals surface area contributed by atoms with Crippen molar-refractivity contribution < 1.29 is 18.3 Å². The van der Waals surface area contributed by atoms with E-state index in [1.165, 1.54) is 12.7 Å². The van der Waals surface area contributed by atoms with Crippen molar-refractivity contribution in [2.24, 2.45) is 0 Å². The van der Waals surface area contributed by atoms with Crippen molar-refractivity contribution in [3.8, 4) is 17.2 Å². The summed E-state index contributed by atoms with van der Waals surface area (Å²) < 4.78 is 40.6. The number of fused-ring (bicyclic) bond motifs is 4. The first-order valence-corrected chi connectivity index (χ1v) is 13.8. The molecule has 11 heteroatoms. The van der Waals surface area contributed by atoms with E-state index in [9.17, 15) is 8.78 Å². The van der Waals surface area contributed by atoms with Crippen LogP contribution in [-0.4, -0.2) is 60.6 Å². The molecule has 2 fully saturated rings. The van der Waals surface area contributed by atoms with Gasteiger partial charge in [0.2, 0.25) is 0 Å². The number of pyridine rings is 1. The number of piperidine rings is 1. The van der Waals surface area contributed by atoms with E-state index >= 15 is 0 Å². The van der Waals surface area contributed by atoms with E-state index in [2.05, 4.69) is 25.4 Å². The van der Waals surface area contributed by atoms with Crippen LogP contribution in [0.25, 0.3) is 16.6 Å². The Morgan fingerprint density at radius 1 is 0.976 bits per heavy atom. The fourth-order valence-corrected chi connectivity index (χ4v) is 6.19. The minimum absolute atomic E-state index is 0.0456. The van der Waals surface area contributed by atoms with Crippen molar-refractivity contribution in [3.05, 3.63) is 72.9 Å². The summed E-state index contributed by atoms with van der Waals surface area (Å²) in [5.41, 5.74) is 3.25. The van der Waals surface area contributed by atoms with Crippen LogP contribution >= 0.6 is 0 Å². The molecular weight excluding hydrogens is 528 g/mol. The Labute approximate surface area is 235 Å². The molecule has 5 heterocycles. The van der Waals surface area contributed by atoms with E-state index in [1.54, 1.807) is 10.7 Å². The second-order valence-corrected chi connectivity index (χ2v) is 10.7. The predicted molar refractivity (Wildman–Crippen MR) is 150 cm³/mol. The molecule has 0 radical (unpaired) electrons. The first-order chi connectivity index (χ1) is 20.0. The molecule has 2 bridgehead atoms. The molecular formula is C30H29F2N7O2. The minimum Gasteiger partial charge on any atom is -0.489 e. The Kier molecular flexibility index (Phi) is 6.58. The number of rotatable bonds is 8. The van der Waals surface area contributed by atoms with Crippen molar-refractivity contribution in [1.29, 1.82) is 0 Å². The average molecular weight is 558 g/mol. The number of hydrogen-bond donors (Lipinski definition) is 1. The summed E-state index contributed by atoms with van der Waals surface area (Å²) in [7, 11) is 0. The van der Waals surface area contributed by atoms with Gasteiger partial charge in [0, 0.05) is 30.0 Å². The Morgan fingerprint density at radius 2 is 1.83 bits per heavy atom. The first-order valence-electron chi connectivity index (χ1n) is 13.8. The van der Waals surface area contributed by atoms with Crippen molar-refractivity contribution in [3.63, 3.8) is 0 Å². The molecule has 7 rings (SSSR count). The van der Waals surface area contributed by atoms with Gasteiger partial charge in [-0.05, 0) is 74.6 Å². The van der Waals surface area contributed by atoms with Gasteiger partial charge in [-0.3, -0.25) is 4.90 Å². The molecule has 1 N–H and O–H groups in total. The van der Waals surface area contributed by atoms with Gasteiger partial charge in [0.15, 0.2) is 5.65 Å². The molecule has 0 spiro atoms. The van der Waals surface area contributed by atoms with E-state index in [4.69, 9.17) is 9.47 Å². The van der Waals surface area contributed by atoms with Crippen LogP contribution in [0, 0.1) is 6.92 Å². The van der Waals surface area contributed by atoms with Gasteiger partial charge in [-0.2, -0.15) is 5.10 Å². The Morgan fingerprint density at radius 3 is 2.63 bits per heavy atom. The fraction of sp³-hybridized carbons (Fsp3) is 0.333. The van der Waals surface area contributed by atoms with Crippen LogP contribution in [-0.2, 0) is 0 Å². The number of aromatic nitrogens is 5. The van der Waals surface area contributed by atoms with Gasteiger partial charge in [-0.15, -0.1) is 0 Å². The van der Waals surface area contributed by atoms with Crippen molar-refractivity contribution in [1.82, 2.24) is 29.5 Å². The van der Waals surface area contributed by atoms with E-state index in [1.807, 2.05) is 60.4 Å². The quantitative estimate of drug-likeness (QED) is 0.243. The molecule has 2 saturated heterocycles. The number of alkyl halides is 2. The van der Waals surface area contributed by atoms with Gasteiger partial charge in [0.1, 0.15) is 41.8 Å². The zero-order valence-electron chi connectivity index (χ0n) is 22.5. The second kappa shape index (κ2) is 10.5. The van der Waals surface area contributed by atoms with E-state index < -0.39 is 6.43 Å². The zero-order chi connectivity index (χ0) is 27.9. The lowest BCUT2D eigenvalue weighted by molar-refractivity contribution is 0.00794. The van der Waals surface area contributed by atoms with Crippen LogP contribution in [0.15, 0.2) is 67.4 Å². The summed E-state index contributed by atoms with van der Waals surface area (Å²) in [6, 6.07) is 15.6. The van der Waals surface area contributed by atoms with Gasteiger partial charge in [0.25, 0.3) is 6.43 Å². The molecule has 210 valence electrons. The number of halogens is 2. The monoisotopic (exact) mass is 557 g/mol. The molecule has 3 atom stereocenters. The highest BCUT2D eigenvalue weighted by molar-refractivity contribution is 5.95. The number of hydrogen-bond acceptors (Lipinski definition) is 8. The Bertz CT molecular complexity index is 1690. The summed E-state index contributed by atoms with van der Waals surface area (Å²) in [4.78, 5) is 15.2. The lowest BCUT2D eigenvalue weighted by Crippen LogP contribution is -2.48. The molecule has 2 unspecified atom stereocenters. The number of aryl methyl sites for hydroxylation is 1. The molecule has 2 aliphatic heterocycles. The number of nitrogens with zero attached hydrogens (tertiary/aromatic N) is 6. The third-order valence-electron chi connectivity index (χ3n) is 8.03. The Hall–Kier alpha value is -4.38. The van der Waals surface area contributed by atoms with E-state index in [0.29, 0.717) is 23.0 Å². The SMILES string of the molecule is Cc1cc(Nc2ncnc3cccc(OC4CC5CC[C@@H](C4)N5CC(F)F)c23)ccc1Oc1ccn2ncnc2c1. The van der Waals surface area contributed by atoms with Gasteiger partial charge in [-0.1, -0.05) is 6.07 Å². The smallest absolute Gasteiger partial charge is 0.251 e. The highest BCUT2D eigenvalue weighted by atomic mass is 19.3. The van der Waals surface area contributed by atoms with E-state index in [0.717, 1.165) is 53.6 Å². The second-order valence-electron chi connectivity index (χ2n) is 10.7. The van der Waals surface area contributed by atoms with Crippen LogP contribution in [0.3, 0.4) is 0 Å². The van der Waals surface area contributed by atoms with Crippen LogP contribution in [0.4, 0.5) is 20.3 Å². The zero-order valence-corrected chi connectivity index (χ0v) is 22.5. The van der Waals surface area contributed by atoms with Crippen molar-refractivity contribution in [2.45, 2.75) is 57.2 Å². The number of benzene rings is 2. The van der Waals surface area contributed by atoms with Gasteiger partial charge in [0.05, 0.1) is 17.4 Å². The minimum atomic E-state index is -2.31. The van der Waals surface area contributed by atoms with Crippen molar-refractivity contribution in [2.75, 3.05) is 11.9 Å². The Balaban J connectivity index is 1.11. The highest BCUT2D eigenvalue weighted by Crippen LogP contribution is 2.40. The lowest BCUT2D eigenvalue weighted by atomic mass is 9.99. The van der Waals surface area contributed by atoms with E-state index in [-0.39, 0.29) is 24.7 Å². The molecule has 41 heavy (non-hydrogen) atoms. The van der Waals surface area contributed by atoms with Gasteiger partial charge >= 0.3 is 0 Å². The maximum Gasteiger partial charge on any atom is 0.251 e. The largest absolute Gasteiger partial charge is 0.489 e. The summed E-state index contributed by atoms with van der Waals surface area (Å²) in [6.07, 6.45) is 5.84.